The molecule has 5 nitrogen and oxygen atoms in total. The normalized spacial score (nSPS) is 31.6. The van der Waals surface area contributed by atoms with Gasteiger partial charge in [-0.05, 0) is 55.2 Å². The Morgan fingerprint density at radius 3 is 2.48 bits per heavy atom. The van der Waals surface area contributed by atoms with E-state index in [0.29, 0.717) is 30.4 Å². The van der Waals surface area contributed by atoms with Gasteiger partial charge in [-0.2, -0.15) is 13.2 Å². The molecule has 2 spiro atoms. The molecule has 1 saturated carbocycles. The highest BCUT2D eigenvalue weighted by molar-refractivity contribution is 6.08. The van der Waals surface area contributed by atoms with E-state index in [1.54, 1.807) is 19.2 Å². The first-order valence-corrected chi connectivity index (χ1v) is 9.94. The maximum atomic E-state index is 13.4. The molecule has 2 fully saturated rings. The van der Waals surface area contributed by atoms with Crippen molar-refractivity contribution >= 4 is 11.9 Å². The molecule has 2 aliphatic carbocycles. The molecule has 0 aromatic heterocycles. The largest absolute Gasteiger partial charge is 0.389 e. The number of carbonyl (C=O) groups is 2. The first kappa shape index (κ1) is 20.2. The summed E-state index contributed by atoms with van der Waals surface area (Å²) in [6.07, 6.45) is -1.60. The first-order valence-electron chi connectivity index (χ1n) is 9.94. The number of hydrogen-bond donors (Lipinski definition) is 1. The number of fused-ring (bicyclic) bond motifs is 3. The van der Waals surface area contributed by atoms with E-state index in [9.17, 15) is 22.8 Å². The Morgan fingerprint density at radius 1 is 1.24 bits per heavy atom. The fourth-order valence-corrected chi connectivity index (χ4v) is 5.47. The number of imide groups is 1. The molecule has 0 bridgehead atoms. The molecule has 3 amide bonds. The van der Waals surface area contributed by atoms with Crippen molar-refractivity contribution in [2.75, 3.05) is 14.2 Å². The third-order valence-electron chi connectivity index (χ3n) is 7.05. The topological polar surface area (TPSA) is 58.6 Å². The second-order valence-corrected chi connectivity index (χ2v) is 8.54. The van der Waals surface area contributed by atoms with Gasteiger partial charge in [0.05, 0.1) is 6.10 Å². The van der Waals surface area contributed by atoms with Crippen LogP contribution in [0.5, 0.6) is 0 Å². The Kier molecular flexibility index (Phi) is 4.68. The summed E-state index contributed by atoms with van der Waals surface area (Å²) in [4.78, 5) is 27.0. The minimum atomic E-state index is -4.24. The van der Waals surface area contributed by atoms with Crippen molar-refractivity contribution in [1.82, 2.24) is 10.2 Å². The quantitative estimate of drug-likeness (QED) is 0.774. The van der Waals surface area contributed by atoms with Crippen LogP contribution in [0.15, 0.2) is 18.2 Å². The number of methoxy groups -OCH3 is 1. The average molecular weight is 410 g/mol. The molecule has 1 saturated heterocycles. The van der Waals surface area contributed by atoms with Crippen LogP contribution in [0, 0.1) is 5.41 Å². The standard InChI is InChI=1S/C21H25F3N2O3/c1-26-17(27)21(25-18(26)28)16-11-13(5-10-20(22,23)24)3-4-14(16)12-19(21)8-6-15(29-2)7-9-19/h3-4,11,15H,5-10,12H2,1-2H3,(H,25,28). The number of aryl methyl sites for hydroxylation is 1. The van der Waals surface area contributed by atoms with E-state index in [1.165, 1.54) is 7.05 Å². The number of amides is 3. The van der Waals surface area contributed by atoms with Gasteiger partial charge in [-0.25, -0.2) is 4.79 Å². The van der Waals surface area contributed by atoms with Crippen LogP contribution in [0.2, 0.25) is 0 Å². The van der Waals surface area contributed by atoms with Crippen molar-refractivity contribution in [3.05, 3.63) is 34.9 Å². The lowest BCUT2D eigenvalue weighted by atomic mass is 9.61. The summed E-state index contributed by atoms with van der Waals surface area (Å²) in [5.74, 6) is -0.315. The molecule has 158 valence electrons. The van der Waals surface area contributed by atoms with E-state index in [4.69, 9.17) is 4.74 Å². The van der Waals surface area contributed by atoms with E-state index in [2.05, 4.69) is 5.32 Å². The lowest BCUT2D eigenvalue weighted by Crippen LogP contribution is -2.56. The zero-order valence-corrected chi connectivity index (χ0v) is 16.6. The van der Waals surface area contributed by atoms with Crippen LogP contribution in [-0.4, -0.2) is 43.3 Å². The highest BCUT2D eigenvalue weighted by atomic mass is 19.4. The molecule has 0 radical (unpaired) electrons. The zero-order chi connectivity index (χ0) is 21.0. The summed E-state index contributed by atoms with van der Waals surface area (Å²) >= 11 is 0. The summed E-state index contributed by atoms with van der Waals surface area (Å²) in [6, 6.07) is 4.79. The monoisotopic (exact) mass is 410 g/mol. The Balaban J connectivity index is 1.76. The van der Waals surface area contributed by atoms with E-state index in [0.717, 1.165) is 23.3 Å². The van der Waals surface area contributed by atoms with Gasteiger partial charge in [0.15, 0.2) is 5.54 Å². The Bertz CT molecular complexity index is 846. The van der Waals surface area contributed by atoms with E-state index in [-0.39, 0.29) is 18.4 Å². The third kappa shape index (κ3) is 3.03. The number of alkyl halides is 3. The molecule has 1 aromatic rings. The minimum Gasteiger partial charge on any atom is -0.381 e. The summed E-state index contributed by atoms with van der Waals surface area (Å²) in [5, 5.41) is 2.95. The molecule has 4 rings (SSSR count). The van der Waals surface area contributed by atoms with Crippen molar-refractivity contribution < 1.29 is 27.5 Å². The number of carbonyl (C=O) groups excluding carboxylic acids is 2. The zero-order valence-electron chi connectivity index (χ0n) is 16.6. The van der Waals surface area contributed by atoms with E-state index in [1.807, 2.05) is 6.07 Å². The Morgan fingerprint density at radius 2 is 1.93 bits per heavy atom. The fraction of sp³-hybridized carbons (Fsp3) is 0.619. The Hall–Kier alpha value is -2.09. The molecule has 8 heteroatoms. The molecular weight excluding hydrogens is 385 g/mol. The van der Waals surface area contributed by atoms with Crippen LogP contribution in [0.4, 0.5) is 18.0 Å². The highest BCUT2D eigenvalue weighted by Gasteiger charge is 2.67. The van der Waals surface area contributed by atoms with Gasteiger partial charge in [-0.3, -0.25) is 9.69 Å². The van der Waals surface area contributed by atoms with Crippen LogP contribution in [0.3, 0.4) is 0 Å². The third-order valence-corrected chi connectivity index (χ3v) is 7.05. The highest BCUT2D eigenvalue weighted by Crippen LogP contribution is 2.59. The minimum absolute atomic E-state index is 0.119. The number of nitrogens with zero attached hydrogens (tertiary/aromatic N) is 1. The first-order chi connectivity index (χ1) is 13.6. The van der Waals surface area contributed by atoms with Crippen LogP contribution in [-0.2, 0) is 27.9 Å². The van der Waals surface area contributed by atoms with Crippen molar-refractivity contribution in [3.8, 4) is 0 Å². The molecule has 1 atom stereocenters. The van der Waals surface area contributed by atoms with Crippen molar-refractivity contribution in [1.29, 1.82) is 0 Å². The fourth-order valence-electron chi connectivity index (χ4n) is 5.47. The lowest BCUT2D eigenvalue weighted by Gasteiger charge is -2.46. The average Bonchev–Trinajstić information content (AvgIpc) is 3.07. The number of benzene rings is 1. The predicted molar refractivity (Wildman–Crippen MR) is 99.2 cm³/mol. The smallest absolute Gasteiger partial charge is 0.381 e. The van der Waals surface area contributed by atoms with Gasteiger partial charge < -0.3 is 10.1 Å². The molecule has 1 heterocycles. The number of hydrogen-bond acceptors (Lipinski definition) is 3. The van der Waals surface area contributed by atoms with Crippen LogP contribution in [0.25, 0.3) is 0 Å². The van der Waals surface area contributed by atoms with Gasteiger partial charge in [-0.1, -0.05) is 18.2 Å². The lowest BCUT2D eigenvalue weighted by molar-refractivity contribution is -0.138. The number of urea groups is 1. The SMILES string of the molecule is COC1CCC2(CC1)Cc1ccc(CCC(F)(F)F)cc1C21NC(=O)N(C)C1=O. The van der Waals surface area contributed by atoms with Crippen molar-refractivity contribution in [2.45, 2.75) is 62.8 Å². The number of likely N-dealkylation sites (N-methyl/N-ethyl adjacent to an activating group) is 1. The molecule has 3 aliphatic rings. The summed E-state index contributed by atoms with van der Waals surface area (Å²) in [5.41, 5.74) is 0.432. The summed E-state index contributed by atoms with van der Waals surface area (Å²) in [6.45, 7) is 0. The number of ether oxygens (including phenoxy) is 1. The maximum absolute atomic E-state index is 13.4. The van der Waals surface area contributed by atoms with E-state index < -0.39 is 29.6 Å². The molecule has 1 N–H and O–H groups in total. The molecule has 1 aliphatic heterocycles. The van der Waals surface area contributed by atoms with Gasteiger partial charge in [0.2, 0.25) is 0 Å². The van der Waals surface area contributed by atoms with Crippen molar-refractivity contribution in [3.63, 3.8) is 0 Å². The summed E-state index contributed by atoms with van der Waals surface area (Å²) < 4.78 is 43.6. The van der Waals surface area contributed by atoms with Crippen LogP contribution >= 0.6 is 0 Å². The van der Waals surface area contributed by atoms with Gasteiger partial charge in [0.25, 0.3) is 5.91 Å². The van der Waals surface area contributed by atoms with Gasteiger partial charge in [-0.15, -0.1) is 0 Å². The predicted octanol–water partition coefficient (Wildman–Crippen LogP) is 3.69. The molecule has 29 heavy (non-hydrogen) atoms. The maximum Gasteiger partial charge on any atom is 0.389 e. The van der Waals surface area contributed by atoms with Gasteiger partial charge in [0, 0.05) is 26.0 Å². The summed E-state index contributed by atoms with van der Waals surface area (Å²) in [7, 11) is 3.12. The number of halogens is 3. The van der Waals surface area contributed by atoms with Crippen LogP contribution < -0.4 is 5.32 Å². The Labute approximate surface area is 167 Å². The second kappa shape index (κ2) is 6.72. The van der Waals surface area contributed by atoms with Gasteiger partial charge >= 0.3 is 12.2 Å². The molecule has 1 unspecified atom stereocenters. The molecule has 1 aromatic carbocycles. The second-order valence-electron chi connectivity index (χ2n) is 8.54. The molecular formula is C21H25F3N2O3. The van der Waals surface area contributed by atoms with Crippen molar-refractivity contribution in [2.24, 2.45) is 5.41 Å². The van der Waals surface area contributed by atoms with Gasteiger partial charge in [0.1, 0.15) is 0 Å². The number of nitrogens with one attached hydrogen (secondary N) is 1. The van der Waals surface area contributed by atoms with Crippen LogP contribution in [0.1, 0.15) is 48.8 Å². The van der Waals surface area contributed by atoms with E-state index >= 15 is 0 Å². The number of rotatable bonds is 3.